The van der Waals surface area contributed by atoms with Crippen molar-refractivity contribution in [2.24, 2.45) is 0 Å². The summed E-state index contributed by atoms with van der Waals surface area (Å²) < 4.78 is 9.22. The van der Waals surface area contributed by atoms with E-state index in [1.807, 2.05) is 0 Å². The molecular formula is C83H54N2O. The lowest BCUT2D eigenvalue weighted by Crippen LogP contribution is -2.32. The third-order valence-electron chi connectivity index (χ3n) is 20.3. The van der Waals surface area contributed by atoms with Gasteiger partial charge in [0.05, 0.1) is 33.2 Å². The number of ether oxygens (including phenoxy) is 1. The summed E-state index contributed by atoms with van der Waals surface area (Å²) >= 11 is 0. The lowest BCUT2D eigenvalue weighted by atomic mass is 9.66. The van der Waals surface area contributed by atoms with E-state index in [0.29, 0.717) is 0 Å². The molecule has 3 nitrogen and oxygen atoms in total. The van der Waals surface area contributed by atoms with Crippen molar-refractivity contribution in [1.29, 1.82) is 0 Å². The molecule has 0 saturated carbocycles. The highest BCUT2D eigenvalue weighted by Crippen LogP contribution is 2.67. The molecule has 19 rings (SSSR count). The number of rotatable bonds is 5. The van der Waals surface area contributed by atoms with Gasteiger partial charge in [-0.15, -0.1) is 0 Å². The minimum Gasteiger partial charge on any atom is -0.457 e. The molecule has 0 bridgehead atoms. The zero-order valence-corrected chi connectivity index (χ0v) is 47.5. The normalized spacial score (nSPS) is 14.8. The van der Waals surface area contributed by atoms with Crippen molar-refractivity contribution in [3.05, 3.63) is 347 Å². The van der Waals surface area contributed by atoms with E-state index in [-0.39, 0.29) is 5.41 Å². The molecule has 2 spiro atoms. The van der Waals surface area contributed by atoms with E-state index < -0.39 is 10.8 Å². The Balaban J connectivity index is 0.819. The van der Waals surface area contributed by atoms with Gasteiger partial charge in [-0.2, -0.15) is 0 Å². The highest BCUT2D eigenvalue weighted by Gasteiger charge is 2.54. The first kappa shape index (κ1) is 47.7. The highest BCUT2D eigenvalue weighted by atomic mass is 16.5. The van der Waals surface area contributed by atoms with Gasteiger partial charge in [-0.3, -0.25) is 0 Å². The quantitative estimate of drug-likeness (QED) is 0.171. The summed E-state index contributed by atoms with van der Waals surface area (Å²) in [5.74, 6) is 1.79. The summed E-state index contributed by atoms with van der Waals surface area (Å²) in [6, 6.07) is 109. The van der Waals surface area contributed by atoms with E-state index in [1.165, 1.54) is 122 Å². The van der Waals surface area contributed by atoms with E-state index in [1.54, 1.807) is 0 Å². The molecule has 1 aliphatic heterocycles. The van der Waals surface area contributed by atoms with E-state index in [9.17, 15) is 0 Å². The van der Waals surface area contributed by atoms with Crippen LogP contribution in [0.4, 0.5) is 17.1 Å². The van der Waals surface area contributed by atoms with Crippen LogP contribution in [0.25, 0.3) is 83.1 Å². The van der Waals surface area contributed by atoms with Gasteiger partial charge in [0.1, 0.15) is 11.5 Å². The molecule has 0 unspecified atom stereocenters. The van der Waals surface area contributed by atoms with Crippen LogP contribution in [0.2, 0.25) is 0 Å². The van der Waals surface area contributed by atoms with Gasteiger partial charge >= 0.3 is 0 Å². The molecule has 0 saturated heterocycles. The molecule has 1 aromatic heterocycles. The van der Waals surface area contributed by atoms with Crippen LogP contribution < -0.4 is 9.64 Å². The number of aromatic nitrogens is 1. The zero-order chi connectivity index (χ0) is 56.6. The number of hydrogen-bond acceptors (Lipinski definition) is 2. The maximum Gasteiger partial charge on any atom is 0.132 e. The third-order valence-corrected chi connectivity index (χ3v) is 20.3. The maximum absolute atomic E-state index is 6.74. The molecule has 86 heavy (non-hydrogen) atoms. The van der Waals surface area contributed by atoms with Crippen LogP contribution in [0.5, 0.6) is 11.5 Å². The highest BCUT2D eigenvalue weighted by molar-refractivity contribution is 6.13. The molecule has 0 atom stereocenters. The van der Waals surface area contributed by atoms with E-state index in [2.05, 4.69) is 315 Å². The summed E-state index contributed by atoms with van der Waals surface area (Å²) in [4.78, 5) is 2.58. The molecular weight excluding hydrogens is 1040 g/mol. The summed E-state index contributed by atoms with van der Waals surface area (Å²) in [6.45, 7) is 4.77. The number of para-hydroxylation sites is 3. The first-order valence-electron chi connectivity index (χ1n) is 30.2. The maximum atomic E-state index is 6.74. The number of nitrogens with zero attached hydrogens (tertiary/aromatic N) is 2. The van der Waals surface area contributed by atoms with Crippen molar-refractivity contribution in [1.82, 2.24) is 4.57 Å². The lowest BCUT2D eigenvalue weighted by molar-refractivity contribution is 0.436. The van der Waals surface area contributed by atoms with Crippen molar-refractivity contribution in [3.63, 3.8) is 0 Å². The molecule has 14 aromatic rings. The molecule has 3 heteroatoms. The Hall–Kier alpha value is -10.7. The van der Waals surface area contributed by atoms with Gasteiger partial charge in [0.25, 0.3) is 0 Å². The van der Waals surface area contributed by atoms with E-state index in [4.69, 9.17) is 4.74 Å². The topological polar surface area (TPSA) is 17.4 Å². The monoisotopic (exact) mass is 1090 g/mol. The Morgan fingerprint density at radius 2 is 0.744 bits per heavy atom. The SMILES string of the molecule is CC1(C)c2ccccc2-c2c(N(c3ccc(-c4ccc5c(c4)c4cc6c(cc4n5-c4ccccc4)C4(c5ccccc5Oc5ccccc54)c4ccccc4-6)cc3)c3cccc4c3-c3ccccc3C43c4ccccc4-c4ccccc43)cccc21. The Bertz CT molecular complexity index is 5160. The summed E-state index contributed by atoms with van der Waals surface area (Å²) in [5.41, 5.74) is 31.1. The lowest BCUT2D eigenvalue weighted by Gasteiger charge is -2.39. The Kier molecular flexibility index (Phi) is 9.54. The number of fused-ring (bicyclic) bond motifs is 25. The van der Waals surface area contributed by atoms with Crippen LogP contribution in [-0.4, -0.2) is 4.57 Å². The molecule has 0 fully saturated rings. The summed E-state index contributed by atoms with van der Waals surface area (Å²) in [5, 5.41) is 2.43. The van der Waals surface area contributed by atoms with Crippen LogP contribution in [0.1, 0.15) is 69.5 Å². The zero-order valence-electron chi connectivity index (χ0n) is 47.5. The molecule has 4 aliphatic carbocycles. The Morgan fingerprint density at radius 3 is 1.36 bits per heavy atom. The minimum atomic E-state index is -0.582. The molecule has 0 radical (unpaired) electrons. The molecule has 0 amide bonds. The fourth-order valence-corrected chi connectivity index (χ4v) is 16.8. The van der Waals surface area contributed by atoms with Gasteiger partial charge in [0.2, 0.25) is 0 Å². The van der Waals surface area contributed by atoms with Crippen molar-refractivity contribution in [3.8, 4) is 72.8 Å². The average molecular weight is 1100 g/mol. The molecule has 5 aliphatic rings. The van der Waals surface area contributed by atoms with E-state index >= 15 is 0 Å². The van der Waals surface area contributed by atoms with Crippen LogP contribution in [0, 0.1) is 0 Å². The first-order valence-corrected chi connectivity index (χ1v) is 30.2. The fourth-order valence-electron chi connectivity index (χ4n) is 16.8. The molecule has 0 N–H and O–H groups in total. The van der Waals surface area contributed by atoms with Crippen LogP contribution >= 0.6 is 0 Å². The van der Waals surface area contributed by atoms with Gasteiger partial charge < -0.3 is 14.2 Å². The number of hydrogen-bond donors (Lipinski definition) is 0. The predicted molar refractivity (Wildman–Crippen MR) is 352 cm³/mol. The molecule has 402 valence electrons. The molecule has 13 aromatic carbocycles. The fraction of sp³-hybridized carbons (Fsp3) is 0.0602. The first-order chi connectivity index (χ1) is 42.4. The molecule has 2 heterocycles. The second-order valence-electron chi connectivity index (χ2n) is 24.5. The van der Waals surface area contributed by atoms with Gasteiger partial charge in [0.15, 0.2) is 0 Å². The number of anilines is 3. The van der Waals surface area contributed by atoms with Gasteiger partial charge in [-0.1, -0.05) is 232 Å². The van der Waals surface area contributed by atoms with Crippen LogP contribution in [0.15, 0.2) is 291 Å². The van der Waals surface area contributed by atoms with E-state index in [0.717, 1.165) is 45.3 Å². The second-order valence-corrected chi connectivity index (χ2v) is 24.5. The van der Waals surface area contributed by atoms with Crippen LogP contribution in [-0.2, 0) is 16.2 Å². The van der Waals surface area contributed by atoms with Crippen LogP contribution in [0.3, 0.4) is 0 Å². The summed E-state index contributed by atoms with van der Waals surface area (Å²) in [7, 11) is 0. The average Bonchev–Trinajstić information content (AvgIpc) is 1.51. The minimum absolute atomic E-state index is 0.182. The Morgan fingerprint density at radius 1 is 0.302 bits per heavy atom. The predicted octanol–water partition coefficient (Wildman–Crippen LogP) is 21.0. The Labute approximate surface area is 500 Å². The van der Waals surface area contributed by atoms with Crippen molar-refractivity contribution in [2.75, 3.05) is 4.90 Å². The largest absolute Gasteiger partial charge is 0.457 e. The van der Waals surface area contributed by atoms with Crippen molar-refractivity contribution >= 4 is 38.9 Å². The summed E-state index contributed by atoms with van der Waals surface area (Å²) in [6.07, 6.45) is 0. The van der Waals surface area contributed by atoms with Gasteiger partial charge in [-0.05, 0) is 162 Å². The van der Waals surface area contributed by atoms with Crippen molar-refractivity contribution in [2.45, 2.75) is 30.1 Å². The third kappa shape index (κ3) is 5.96. The standard InChI is InChI=1S/C83H54N2O/c1-81(2)63-29-11-9-27-58(63)79-70(81)36-20-38-74(79)85(75-39-21-37-71-80(75)59-28-10-15-33-67(59)82(71)64-30-12-6-24-55(64)56-25-7-13-31-65(56)82)54-45-42-51(43-46-54)52-44-47-73-61(48-52)62-49-60-57-26-8-14-32-66(57)83(72(60)50-76(62)84(73)53-22-4-3-5-23-53)68-34-16-18-40-77(68)86-78-41-19-17-35-69(78)83/h3-50H,1-2H3. The number of benzene rings is 13. The van der Waals surface area contributed by atoms with Crippen molar-refractivity contribution < 1.29 is 4.74 Å². The van der Waals surface area contributed by atoms with Gasteiger partial charge in [0, 0.05) is 49.8 Å². The van der Waals surface area contributed by atoms with Gasteiger partial charge in [-0.25, -0.2) is 0 Å². The smallest absolute Gasteiger partial charge is 0.132 e. The second kappa shape index (κ2) is 17.2.